The topological polar surface area (TPSA) is 89.2 Å². The van der Waals surface area contributed by atoms with Crippen LogP contribution < -0.4 is 10.5 Å². The van der Waals surface area contributed by atoms with Crippen molar-refractivity contribution in [2.24, 2.45) is 7.05 Å². The number of anilines is 1. The molecule has 0 radical (unpaired) electrons. The zero-order valence-corrected chi connectivity index (χ0v) is 14.7. The normalized spacial score (nSPS) is 14.7. The number of halogens is 1. The summed E-state index contributed by atoms with van der Waals surface area (Å²) in [7, 11) is 1.67. The van der Waals surface area contributed by atoms with Gasteiger partial charge in [0.2, 0.25) is 5.91 Å². The molecule has 0 bridgehead atoms. The summed E-state index contributed by atoms with van der Waals surface area (Å²) in [6.45, 7) is 2.16. The second-order valence-corrected chi connectivity index (χ2v) is 6.40. The molecule has 1 fully saturated rings. The molecule has 0 unspecified atom stereocenters. The minimum atomic E-state index is -0.383. The quantitative estimate of drug-likeness (QED) is 0.645. The molecule has 3 aromatic rings. The number of fused-ring (bicyclic) bond motifs is 1. The smallest absolute Gasteiger partial charge is 0.281 e. The summed E-state index contributed by atoms with van der Waals surface area (Å²) in [4.78, 5) is 28.8. The van der Waals surface area contributed by atoms with Crippen molar-refractivity contribution in [2.75, 3.05) is 31.1 Å². The minimum absolute atomic E-state index is 0.160. The molecule has 2 aromatic heterocycles. The van der Waals surface area contributed by atoms with E-state index >= 15 is 0 Å². The Balaban J connectivity index is 1.42. The SMILES string of the molecule is Cn1ncc2c(=O)n(CC(=O)N3CCN(c4ccc(F)cc4)CC3)nnc21. The summed E-state index contributed by atoms with van der Waals surface area (Å²) in [6, 6.07) is 6.30. The Hall–Kier alpha value is -3.30. The van der Waals surface area contributed by atoms with Crippen LogP contribution in [0.2, 0.25) is 0 Å². The van der Waals surface area contributed by atoms with Gasteiger partial charge >= 0.3 is 0 Å². The molecule has 1 aliphatic rings. The van der Waals surface area contributed by atoms with Crippen molar-refractivity contribution in [3.63, 3.8) is 0 Å². The second-order valence-electron chi connectivity index (χ2n) is 6.40. The first-order valence-electron chi connectivity index (χ1n) is 8.57. The van der Waals surface area contributed by atoms with Crippen LogP contribution in [0.4, 0.5) is 10.1 Å². The highest BCUT2D eigenvalue weighted by Crippen LogP contribution is 2.17. The van der Waals surface area contributed by atoms with Gasteiger partial charge in [-0.25, -0.2) is 13.8 Å². The van der Waals surface area contributed by atoms with Gasteiger partial charge in [-0.2, -0.15) is 5.10 Å². The van der Waals surface area contributed by atoms with Gasteiger partial charge in [-0.15, -0.1) is 5.10 Å². The van der Waals surface area contributed by atoms with Gasteiger partial charge in [0.05, 0.1) is 6.20 Å². The van der Waals surface area contributed by atoms with E-state index in [4.69, 9.17) is 0 Å². The highest BCUT2D eigenvalue weighted by Gasteiger charge is 2.22. The molecule has 0 atom stereocenters. The van der Waals surface area contributed by atoms with E-state index in [2.05, 4.69) is 20.3 Å². The lowest BCUT2D eigenvalue weighted by molar-refractivity contribution is -0.132. The second kappa shape index (κ2) is 6.78. The Labute approximate surface area is 153 Å². The number of amides is 1. The van der Waals surface area contributed by atoms with Crippen LogP contribution in [0.5, 0.6) is 0 Å². The zero-order valence-electron chi connectivity index (χ0n) is 14.7. The maximum Gasteiger partial charge on any atom is 0.281 e. The lowest BCUT2D eigenvalue weighted by atomic mass is 10.2. The van der Waals surface area contributed by atoms with E-state index in [1.54, 1.807) is 24.1 Å². The molecule has 3 heterocycles. The third-order valence-corrected chi connectivity index (χ3v) is 4.73. The van der Waals surface area contributed by atoms with Crippen molar-refractivity contribution in [2.45, 2.75) is 6.54 Å². The monoisotopic (exact) mass is 371 g/mol. The van der Waals surface area contributed by atoms with E-state index in [9.17, 15) is 14.0 Å². The molecule has 1 amide bonds. The fourth-order valence-corrected chi connectivity index (χ4v) is 3.17. The van der Waals surface area contributed by atoms with Crippen LogP contribution in [-0.2, 0) is 18.4 Å². The molecule has 0 aliphatic carbocycles. The summed E-state index contributed by atoms with van der Waals surface area (Å²) in [6.07, 6.45) is 1.43. The van der Waals surface area contributed by atoms with Crippen LogP contribution in [0, 0.1) is 5.82 Å². The lowest BCUT2D eigenvalue weighted by Crippen LogP contribution is -2.50. The zero-order chi connectivity index (χ0) is 19.0. The number of piperazine rings is 1. The molecule has 9 nitrogen and oxygen atoms in total. The van der Waals surface area contributed by atoms with Gasteiger partial charge < -0.3 is 9.80 Å². The Morgan fingerprint density at radius 3 is 2.56 bits per heavy atom. The van der Waals surface area contributed by atoms with Gasteiger partial charge in [0.25, 0.3) is 5.56 Å². The number of rotatable bonds is 3. The third kappa shape index (κ3) is 3.25. The maximum atomic E-state index is 13.0. The van der Waals surface area contributed by atoms with E-state index in [1.807, 2.05) is 0 Å². The number of aryl methyl sites for hydroxylation is 1. The molecule has 1 saturated heterocycles. The average molecular weight is 371 g/mol. The number of benzene rings is 1. The Kier molecular flexibility index (Phi) is 4.30. The first-order valence-corrected chi connectivity index (χ1v) is 8.57. The Morgan fingerprint density at radius 2 is 1.85 bits per heavy atom. The summed E-state index contributed by atoms with van der Waals surface area (Å²) < 4.78 is 15.6. The van der Waals surface area contributed by atoms with E-state index in [0.717, 1.165) is 10.4 Å². The van der Waals surface area contributed by atoms with Gasteiger partial charge in [-0.3, -0.25) is 9.59 Å². The van der Waals surface area contributed by atoms with E-state index in [1.165, 1.54) is 23.0 Å². The minimum Gasteiger partial charge on any atom is -0.368 e. The number of aromatic nitrogens is 5. The van der Waals surface area contributed by atoms with Crippen LogP contribution >= 0.6 is 0 Å². The lowest BCUT2D eigenvalue weighted by Gasteiger charge is -2.36. The van der Waals surface area contributed by atoms with Crippen molar-refractivity contribution in [3.8, 4) is 0 Å². The molecule has 1 aromatic carbocycles. The molecule has 4 rings (SSSR count). The molecule has 0 saturated carbocycles. The summed E-state index contributed by atoms with van der Waals surface area (Å²) in [5.74, 6) is -0.460. The Morgan fingerprint density at radius 1 is 1.15 bits per heavy atom. The largest absolute Gasteiger partial charge is 0.368 e. The van der Waals surface area contributed by atoms with E-state index in [-0.39, 0.29) is 23.8 Å². The van der Waals surface area contributed by atoms with Crippen molar-refractivity contribution in [1.29, 1.82) is 0 Å². The average Bonchev–Trinajstić information content (AvgIpc) is 3.06. The van der Waals surface area contributed by atoms with Crippen molar-refractivity contribution in [3.05, 3.63) is 46.6 Å². The highest BCUT2D eigenvalue weighted by molar-refractivity contribution is 5.77. The van der Waals surface area contributed by atoms with E-state index < -0.39 is 0 Å². The van der Waals surface area contributed by atoms with Crippen LogP contribution in [0.15, 0.2) is 35.3 Å². The molecular weight excluding hydrogens is 353 g/mol. The summed E-state index contributed by atoms with van der Waals surface area (Å²) in [5, 5.41) is 12.1. The van der Waals surface area contributed by atoms with Crippen molar-refractivity contribution >= 4 is 22.6 Å². The molecule has 140 valence electrons. The Bertz CT molecular complexity index is 1040. The van der Waals surface area contributed by atoms with Gasteiger partial charge in [-0.1, -0.05) is 5.21 Å². The number of hydrogen-bond acceptors (Lipinski definition) is 6. The van der Waals surface area contributed by atoms with Gasteiger partial charge in [0.1, 0.15) is 17.7 Å². The standard InChI is InChI=1S/C17H18FN7O2/c1-22-16-14(10-19-22)17(27)25(21-20-16)11-15(26)24-8-6-23(7-9-24)13-4-2-12(18)3-5-13/h2-5,10H,6-9,11H2,1H3. The van der Waals surface area contributed by atoms with Crippen molar-refractivity contribution < 1.29 is 9.18 Å². The molecule has 10 heteroatoms. The van der Waals surface area contributed by atoms with Gasteiger partial charge in [0, 0.05) is 38.9 Å². The number of hydrogen-bond donors (Lipinski definition) is 0. The maximum absolute atomic E-state index is 13.0. The first-order chi connectivity index (χ1) is 13.0. The molecule has 0 spiro atoms. The highest BCUT2D eigenvalue weighted by atomic mass is 19.1. The van der Waals surface area contributed by atoms with Crippen LogP contribution in [0.1, 0.15) is 0 Å². The molecular formula is C17H18FN7O2. The molecule has 0 N–H and O–H groups in total. The molecule has 27 heavy (non-hydrogen) atoms. The number of nitrogens with zero attached hydrogens (tertiary/aromatic N) is 7. The fraction of sp³-hybridized carbons (Fsp3) is 0.353. The van der Waals surface area contributed by atoms with Gasteiger partial charge in [0.15, 0.2) is 5.65 Å². The van der Waals surface area contributed by atoms with Gasteiger partial charge in [-0.05, 0) is 24.3 Å². The predicted octanol–water partition coefficient (Wildman–Crippen LogP) is 0.0129. The van der Waals surface area contributed by atoms with Crippen LogP contribution in [0.25, 0.3) is 11.0 Å². The van der Waals surface area contributed by atoms with E-state index in [0.29, 0.717) is 37.2 Å². The molecule has 1 aliphatic heterocycles. The van der Waals surface area contributed by atoms with Crippen LogP contribution in [0.3, 0.4) is 0 Å². The number of carbonyl (C=O) groups is 1. The summed E-state index contributed by atoms with van der Waals surface area (Å²) in [5.41, 5.74) is 0.927. The fourth-order valence-electron chi connectivity index (χ4n) is 3.17. The predicted molar refractivity (Wildman–Crippen MR) is 95.8 cm³/mol. The van der Waals surface area contributed by atoms with Crippen molar-refractivity contribution in [1.82, 2.24) is 29.7 Å². The van der Waals surface area contributed by atoms with Crippen LogP contribution in [-0.4, -0.2) is 61.8 Å². The first kappa shape index (κ1) is 17.1. The summed E-state index contributed by atoms with van der Waals surface area (Å²) >= 11 is 0. The third-order valence-electron chi connectivity index (χ3n) is 4.73. The number of carbonyl (C=O) groups excluding carboxylic acids is 1.